The van der Waals surface area contributed by atoms with Crippen LogP contribution in [0.4, 0.5) is 9.18 Å². The molecule has 5 nitrogen and oxygen atoms in total. The smallest absolute Gasteiger partial charge is 0.315 e. The molecule has 2 atom stereocenters. The van der Waals surface area contributed by atoms with E-state index in [1.54, 1.807) is 17.8 Å². The summed E-state index contributed by atoms with van der Waals surface area (Å²) in [6.45, 7) is 0. The zero-order valence-corrected chi connectivity index (χ0v) is 13.5. The number of halogens is 1. The number of carbonyl (C=O) groups excluding carboxylic acids is 1. The Labute approximate surface area is 133 Å². The molecule has 0 aromatic heterocycles. The molecule has 1 aromatic rings. The summed E-state index contributed by atoms with van der Waals surface area (Å²) in [5.74, 6) is 0.634. The lowest BCUT2D eigenvalue weighted by molar-refractivity contribution is 0.233. The summed E-state index contributed by atoms with van der Waals surface area (Å²) in [4.78, 5) is 13.0. The number of benzene rings is 1. The van der Waals surface area contributed by atoms with E-state index in [2.05, 4.69) is 10.6 Å². The number of amides is 2. The lowest BCUT2D eigenvalue weighted by Crippen LogP contribution is -2.44. The number of hydrogen-bond acceptors (Lipinski definition) is 4. The quantitative estimate of drug-likeness (QED) is 0.859. The Morgan fingerprint density at radius 3 is 2.82 bits per heavy atom. The maximum absolute atomic E-state index is 13.4. The lowest BCUT2D eigenvalue weighted by Gasteiger charge is -2.26. The van der Waals surface area contributed by atoms with Gasteiger partial charge in [-0.1, -0.05) is 0 Å². The first kappa shape index (κ1) is 15.6. The first-order valence-corrected chi connectivity index (χ1v) is 9.93. The van der Waals surface area contributed by atoms with Crippen LogP contribution in [0.2, 0.25) is 0 Å². The topological polar surface area (TPSA) is 75.3 Å². The van der Waals surface area contributed by atoms with Gasteiger partial charge in [-0.15, -0.1) is 11.8 Å². The van der Waals surface area contributed by atoms with Crippen LogP contribution in [-0.4, -0.2) is 37.7 Å². The monoisotopic (exact) mass is 344 g/mol. The van der Waals surface area contributed by atoms with Crippen molar-refractivity contribution in [3.8, 4) is 0 Å². The second-order valence-corrected chi connectivity index (χ2v) is 8.96. The van der Waals surface area contributed by atoms with Gasteiger partial charge in [0.2, 0.25) is 0 Å². The van der Waals surface area contributed by atoms with Crippen molar-refractivity contribution in [2.75, 3.05) is 17.3 Å². The molecule has 22 heavy (non-hydrogen) atoms. The number of thioether (sulfide) groups is 1. The van der Waals surface area contributed by atoms with Crippen molar-refractivity contribution in [3.63, 3.8) is 0 Å². The van der Waals surface area contributed by atoms with Gasteiger partial charge in [-0.05, 0) is 36.6 Å². The van der Waals surface area contributed by atoms with Crippen molar-refractivity contribution in [1.29, 1.82) is 0 Å². The highest BCUT2D eigenvalue weighted by atomic mass is 32.2. The fraction of sp³-hybridized carbons (Fsp3) is 0.500. The average molecular weight is 344 g/mol. The average Bonchev–Trinajstić information content (AvgIpc) is 2.78. The van der Waals surface area contributed by atoms with Crippen LogP contribution < -0.4 is 10.6 Å². The highest BCUT2D eigenvalue weighted by Gasteiger charge is 2.30. The Morgan fingerprint density at radius 2 is 2.09 bits per heavy atom. The molecule has 0 unspecified atom stereocenters. The third kappa shape index (κ3) is 3.55. The summed E-state index contributed by atoms with van der Waals surface area (Å²) >= 11 is 1.64. The van der Waals surface area contributed by atoms with Gasteiger partial charge in [0.25, 0.3) is 0 Å². The van der Waals surface area contributed by atoms with Crippen molar-refractivity contribution < 1.29 is 17.6 Å². The summed E-state index contributed by atoms with van der Waals surface area (Å²) in [6, 6.07) is 3.61. The maximum atomic E-state index is 13.4. The number of hydrogen-bond donors (Lipinski definition) is 2. The van der Waals surface area contributed by atoms with Crippen LogP contribution in [-0.2, 0) is 9.84 Å². The van der Waals surface area contributed by atoms with Crippen LogP contribution in [0.1, 0.15) is 24.4 Å². The molecule has 8 heteroatoms. The molecule has 1 aromatic carbocycles. The van der Waals surface area contributed by atoms with E-state index in [1.165, 1.54) is 12.1 Å². The molecule has 2 N–H and O–H groups in total. The minimum Gasteiger partial charge on any atom is -0.334 e. The van der Waals surface area contributed by atoms with Gasteiger partial charge in [0.15, 0.2) is 9.84 Å². The number of fused-ring (bicyclic) bond motifs is 1. The highest BCUT2D eigenvalue weighted by Crippen LogP contribution is 2.36. The Bertz CT molecular complexity index is 693. The summed E-state index contributed by atoms with van der Waals surface area (Å²) in [6.07, 6.45) is 1.17. The number of nitrogens with one attached hydrogen (secondary N) is 2. The molecule has 0 saturated carbocycles. The summed E-state index contributed by atoms with van der Waals surface area (Å²) in [5, 5.41) is 5.53. The van der Waals surface area contributed by atoms with Gasteiger partial charge in [0, 0.05) is 16.7 Å². The molecule has 120 valence electrons. The molecule has 0 bridgehead atoms. The number of sulfone groups is 1. The van der Waals surface area contributed by atoms with Crippen LogP contribution in [0, 0.1) is 5.82 Å². The Kier molecular flexibility index (Phi) is 4.31. The van der Waals surface area contributed by atoms with Gasteiger partial charge in [0.05, 0.1) is 17.5 Å². The Hall–Kier alpha value is -1.28. The second-order valence-electron chi connectivity index (χ2n) is 5.59. The summed E-state index contributed by atoms with van der Waals surface area (Å²) in [5.41, 5.74) is 0.783. The lowest BCUT2D eigenvalue weighted by atomic mass is 10.0. The zero-order chi connectivity index (χ0) is 15.7. The third-order valence-corrected chi connectivity index (χ3v) is 6.77. The first-order chi connectivity index (χ1) is 10.4. The first-order valence-electron chi connectivity index (χ1n) is 7.13. The molecule has 0 spiro atoms. The third-order valence-electron chi connectivity index (χ3n) is 3.88. The summed E-state index contributed by atoms with van der Waals surface area (Å²) in [7, 11) is -3.02. The SMILES string of the molecule is O=C(N[C@@H]1CCS(=O)(=O)C1)N[C@@H]1CCSc2ccc(F)cc21. The minimum atomic E-state index is -3.02. The molecule has 0 radical (unpaired) electrons. The molecule has 2 heterocycles. The van der Waals surface area contributed by atoms with Crippen molar-refractivity contribution in [2.45, 2.75) is 29.8 Å². The highest BCUT2D eigenvalue weighted by molar-refractivity contribution is 7.99. The van der Waals surface area contributed by atoms with Crippen molar-refractivity contribution >= 4 is 27.6 Å². The van der Waals surface area contributed by atoms with Gasteiger partial charge < -0.3 is 10.6 Å². The zero-order valence-electron chi connectivity index (χ0n) is 11.8. The standard InChI is InChI=1S/C14H17FN2O3S2/c15-9-1-2-13-11(7-9)12(3-5-21-13)17-14(18)16-10-4-6-22(19,20)8-10/h1-2,7,10,12H,3-6,8H2,(H2,16,17,18)/t10-,12-/m1/s1. The van der Waals surface area contributed by atoms with Crippen LogP contribution >= 0.6 is 11.8 Å². The molecule has 1 fully saturated rings. The van der Waals surface area contributed by atoms with E-state index in [0.29, 0.717) is 6.42 Å². The molecule has 1 saturated heterocycles. The van der Waals surface area contributed by atoms with E-state index in [-0.39, 0.29) is 29.4 Å². The van der Waals surface area contributed by atoms with Crippen LogP contribution in [0.15, 0.2) is 23.1 Å². The molecule has 0 aliphatic carbocycles. The van der Waals surface area contributed by atoms with Crippen LogP contribution in [0.25, 0.3) is 0 Å². The minimum absolute atomic E-state index is 0.00778. The van der Waals surface area contributed by atoms with Gasteiger partial charge in [0.1, 0.15) is 5.82 Å². The molecular formula is C14H17FN2O3S2. The number of carbonyl (C=O) groups is 1. The Balaban J connectivity index is 1.64. The second kappa shape index (κ2) is 6.08. The van der Waals surface area contributed by atoms with E-state index in [0.717, 1.165) is 22.6 Å². The molecule has 2 aliphatic heterocycles. The van der Waals surface area contributed by atoms with Crippen molar-refractivity contribution in [2.24, 2.45) is 0 Å². The van der Waals surface area contributed by atoms with E-state index in [1.807, 2.05) is 0 Å². The van der Waals surface area contributed by atoms with Crippen molar-refractivity contribution in [3.05, 3.63) is 29.6 Å². The maximum Gasteiger partial charge on any atom is 0.315 e. The number of rotatable bonds is 2. The fourth-order valence-corrected chi connectivity index (χ4v) is 5.59. The van der Waals surface area contributed by atoms with E-state index in [9.17, 15) is 17.6 Å². The molecular weight excluding hydrogens is 327 g/mol. The summed E-state index contributed by atoms with van der Waals surface area (Å²) < 4.78 is 36.2. The van der Waals surface area contributed by atoms with Gasteiger partial charge in [-0.25, -0.2) is 17.6 Å². The fourth-order valence-electron chi connectivity index (χ4n) is 2.81. The molecule has 2 aliphatic rings. The molecule has 3 rings (SSSR count). The Morgan fingerprint density at radius 1 is 1.27 bits per heavy atom. The van der Waals surface area contributed by atoms with Gasteiger partial charge in [-0.2, -0.15) is 0 Å². The normalized spacial score (nSPS) is 26.2. The van der Waals surface area contributed by atoms with Gasteiger partial charge >= 0.3 is 6.03 Å². The predicted octanol–water partition coefficient (Wildman–Crippen LogP) is 1.85. The predicted molar refractivity (Wildman–Crippen MR) is 83.2 cm³/mol. The van der Waals surface area contributed by atoms with Crippen molar-refractivity contribution in [1.82, 2.24) is 10.6 Å². The molecule has 2 amide bonds. The van der Waals surface area contributed by atoms with Crippen LogP contribution in [0.5, 0.6) is 0 Å². The van der Waals surface area contributed by atoms with E-state index in [4.69, 9.17) is 0 Å². The number of urea groups is 1. The van der Waals surface area contributed by atoms with Crippen LogP contribution in [0.3, 0.4) is 0 Å². The van der Waals surface area contributed by atoms with E-state index >= 15 is 0 Å². The van der Waals surface area contributed by atoms with E-state index < -0.39 is 15.9 Å². The van der Waals surface area contributed by atoms with Gasteiger partial charge in [-0.3, -0.25) is 0 Å². The largest absolute Gasteiger partial charge is 0.334 e.